The maximum atomic E-state index is 2.26. The summed E-state index contributed by atoms with van der Waals surface area (Å²) in [6.07, 6.45) is 1.17. The summed E-state index contributed by atoms with van der Waals surface area (Å²) in [5.41, 5.74) is 11.5. The first-order chi connectivity index (χ1) is 12.9. The molecule has 156 valence electrons. The van der Waals surface area contributed by atoms with E-state index in [1.165, 1.54) is 56.1 Å². The zero-order chi connectivity index (χ0) is 19.6. The number of halogens is 2. The van der Waals surface area contributed by atoms with E-state index < -0.39 is 0 Å². The molecule has 3 heteroatoms. The second kappa shape index (κ2) is 12.1. The molecule has 0 saturated carbocycles. The Morgan fingerprint density at radius 1 is 0.767 bits per heavy atom. The number of rotatable bonds is 2. The molecule has 0 aliphatic heterocycles. The average Bonchev–Trinajstić information content (AvgIpc) is 3.15. The van der Waals surface area contributed by atoms with Gasteiger partial charge in [-0.2, -0.15) is 33.9 Å². The van der Waals surface area contributed by atoms with Crippen molar-refractivity contribution in [3.8, 4) is 11.1 Å². The minimum Gasteiger partial charge on any atom is -1.00 e. The molecule has 4 aromatic carbocycles. The van der Waals surface area contributed by atoms with Gasteiger partial charge < -0.3 is 9.41 Å². The standard InChI is InChI=1S/C16H13.C11H17.2FH.Zr/c1-12-10-14-8-5-9-15(16(14)11-12)13-6-3-2-4-7-13;1-6-11-9(4)7(2)8(3)10(11)5;;;/h2-11H,1H3;6H2,1-5H3;2*1H;/q2*-1;;;+4/p-2. The van der Waals surface area contributed by atoms with Crippen LogP contribution in [0.25, 0.3) is 21.9 Å². The Balaban J connectivity index is 0.000000541. The van der Waals surface area contributed by atoms with E-state index in [4.69, 9.17) is 0 Å². The SMILES string of the molecule is CC[c-]1c(C)c(C)c(C)c1C.Cc1cc2c(-c3ccccc3)cccc2[cH-]1.[F-].[F-].[Zr+4]. The van der Waals surface area contributed by atoms with Crippen LogP contribution >= 0.6 is 0 Å². The molecule has 0 fully saturated rings. The van der Waals surface area contributed by atoms with Crippen LogP contribution in [0.15, 0.2) is 60.7 Å². The molecule has 0 aliphatic rings. The smallest absolute Gasteiger partial charge is 1.00 e. The van der Waals surface area contributed by atoms with Crippen LogP contribution in [-0.2, 0) is 32.6 Å². The van der Waals surface area contributed by atoms with Gasteiger partial charge in [0, 0.05) is 0 Å². The summed E-state index contributed by atoms with van der Waals surface area (Å²) >= 11 is 0. The van der Waals surface area contributed by atoms with E-state index in [0.29, 0.717) is 0 Å². The summed E-state index contributed by atoms with van der Waals surface area (Å²) in [4.78, 5) is 0. The topological polar surface area (TPSA) is 0 Å². The van der Waals surface area contributed by atoms with Gasteiger partial charge >= 0.3 is 26.2 Å². The molecule has 0 amide bonds. The zero-order valence-electron chi connectivity index (χ0n) is 18.7. The molecule has 0 N–H and O–H groups in total. The van der Waals surface area contributed by atoms with Crippen molar-refractivity contribution in [1.82, 2.24) is 0 Å². The molecule has 0 radical (unpaired) electrons. The monoisotopic (exact) mass is 482 g/mol. The van der Waals surface area contributed by atoms with Crippen LogP contribution in [0.3, 0.4) is 0 Å². The Labute approximate surface area is 198 Å². The summed E-state index contributed by atoms with van der Waals surface area (Å²) in [6.45, 7) is 13.3. The van der Waals surface area contributed by atoms with E-state index >= 15 is 0 Å². The van der Waals surface area contributed by atoms with Gasteiger partial charge in [-0.1, -0.05) is 89.9 Å². The molecule has 4 rings (SSSR count). The predicted octanol–water partition coefficient (Wildman–Crippen LogP) is 1.74. The summed E-state index contributed by atoms with van der Waals surface area (Å²) in [6, 6.07) is 21.6. The van der Waals surface area contributed by atoms with Crippen LogP contribution in [0.4, 0.5) is 0 Å². The summed E-state index contributed by atoms with van der Waals surface area (Å²) in [5, 5.41) is 2.69. The molecule has 0 heterocycles. The quantitative estimate of drug-likeness (QED) is 0.381. The number of fused-ring (bicyclic) bond motifs is 1. The van der Waals surface area contributed by atoms with Crippen LogP contribution < -0.4 is 9.41 Å². The first kappa shape index (κ1) is 28.1. The normalized spacial score (nSPS) is 9.67. The second-order valence-electron chi connectivity index (χ2n) is 7.54. The third-order valence-electron chi connectivity index (χ3n) is 5.93. The predicted molar refractivity (Wildman–Crippen MR) is 120 cm³/mol. The van der Waals surface area contributed by atoms with Gasteiger partial charge in [-0.05, 0) is 5.56 Å². The van der Waals surface area contributed by atoms with E-state index in [9.17, 15) is 0 Å². The van der Waals surface area contributed by atoms with Gasteiger partial charge in [0.1, 0.15) is 0 Å². The average molecular weight is 484 g/mol. The molecule has 0 nitrogen and oxygen atoms in total. The van der Waals surface area contributed by atoms with Crippen molar-refractivity contribution >= 4 is 10.8 Å². The van der Waals surface area contributed by atoms with E-state index in [0.717, 1.165) is 0 Å². The van der Waals surface area contributed by atoms with Gasteiger partial charge in [-0.25, -0.2) is 0 Å². The third kappa shape index (κ3) is 5.64. The molecule has 0 atom stereocenters. The molecule has 0 saturated heterocycles. The molecule has 30 heavy (non-hydrogen) atoms. The van der Waals surface area contributed by atoms with E-state index in [-0.39, 0.29) is 35.6 Å². The Hall–Kier alpha value is -1.86. The fourth-order valence-corrected chi connectivity index (χ4v) is 4.08. The maximum Gasteiger partial charge on any atom is 4.00 e. The van der Waals surface area contributed by atoms with Crippen molar-refractivity contribution in [2.75, 3.05) is 0 Å². The second-order valence-corrected chi connectivity index (χ2v) is 7.54. The number of benzene rings is 2. The minimum atomic E-state index is 0. The van der Waals surface area contributed by atoms with Gasteiger partial charge in [0.15, 0.2) is 0 Å². The van der Waals surface area contributed by atoms with Crippen molar-refractivity contribution in [2.45, 2.75) is 48.0 Å². The van der Waals surface area contributed by atoms with Crippen molar-refractivity contribution in [3.05, 3.63) is 94.0 Å². The van der Waals surface area contributed by atoms with Crippen molar-refractivity contribution in [3.63, 3.8) is 0 Å². The van der Waals surface area contributed by atoms with Crippen molar-refractivity contribution in [1.29, 1.82) is 0 Å². The van der Waals surface area contributed by atoms with Crippen LogP contribution in [-0.4, -0.2) is 0 Å². The van der Waals surface area contributed by atoms with Crippen LogP contribution in [0.5, 0.6) is 0 Å². The van der Waals surface area contributed by atoms with Gasteiger partial charge in [0.25, 0.3) is 0 Å². The molecule has 4 aromatic rings. The molecule has 0 aromatic heterocycles. The fourth-order valence-electron chi connectivity index (χ4n) is 4.08. The Bertz CT molecular complexity index is 1030. The zero-order valence-corrected chi connectivity index (χ0v) is 21.2. The molecule has 0 spiro atoms. The van der Waals surface area contributed by atoms with Crippen molar-refractivity contribution < 1.29 is 35.6 Å². The number of aryl methyl sites for hydroxylation is 1. The van der Waals surface area contributed by atoms with Crippen LogP contribution in [0.2, 0.25) is 0 Å². The number of hydrogen-bond acceptors (Lipinski definition) is 0. The third-order valence-corrected chi connectivity index (χ3v) is 5.93. The maximum absolute atomic E-state index is 2.26. The van der Waals surface area contributed by atoms with E-state index in [1.807, 2.05) is 0 Å². The van der Waals surface area contributed by atoms with Crippen LogP contribution in [0.1, 0.15) is 40.3 Å². The molecule has 0 aliphatic carbocycles. The minimum absolute atomic E-state index is 0. The van der Waals surface area contributed by atoms with E-state index in [2.05, 4.69) is 102 Å². The summed E-state index contributed by atoms with van der Waals surface area (Å²) in [5.74, 6) is 0. The molecular formula is C27H30F2Zr. The van der Waals surface area contributed by atoms with Gasteiger partial charge in [-0.15, -0.1) is 34.5 Å². The van der Waals surface area contributed by atoms with Gasteiger partial charge in [0.2, 0.25) is 0 Å². The first-order valence-electron chi connectivity index (χ1n) is 9.87. The summed E-state index contributed by atoms with van der Waals surface area (Å²) in [7, 11) is 0. The Kier molecular flexibility index (Phi) is 11.4. The Morgan fingerprint density at radius 3 is 1.83 bits per heavy atom. The van der Waals surface area contributed by atoms with Crippen LogP contribution in [0, 0.1) is 34.6 Å². The fraction of sp³-hybridized carbons (Fsp3) is 0.259. The largest absolute Gasteiger partial charge is 4.00 e. The summed E-state index contributed by atoms with van der Waals surface area (Å²) < 4.78 is 0. The first-order valence-corrected chi connectivity index (χ1v) is 9.87. The Morgan fingerprint density at radius 2 is 1.33 bits per heavy atom. The number of hydrogen-bond donors (Lipinski definition) is 0. The van der Waals surface area contributed by atoms with E-state index in [1.54, 1.807) is 5.56 Å². The van der Waals surface area contributed by atoms with Crippen molar-refractivity contribution in [2.24, 2.45) is 0 Å². The van der Waals surface area contributed by atoms with Gasteiger partial charge in [0.05, 0.1) is 0 Å². The molecular weight excluding hydrogens is 454 g/mol. The molecule has 0 bridgehead atoms. The molecule has 0 unspecified atom stereocenters. The van der Waals surface area contributed by atoms with Gasteiger partial charge in [-0.3, -0.25) is 0 Å².